The van der Waals surface area contributed by atoms with Gasteiger partial charge < -0.3 is 25.6 Å². The predicted octanol–water partition coefficient (Wildman–Crippen LogP) is 2.81. The van der Waals surface area contributed by atoms with E-state index in [4.69, 9.17) is 10.5 Å². The molecule has 3 N–H and O–H groups in total. The van der Waals surface area contributed by atoms with Crippen molar-refractivity contribution in [2.45, 2.75) is 25.9 Å². The normalized spacial score (nSPS) is 19.4. The van der Waals surface area contributed by atoms with Gasteiger partial charge in [0, 0.05) is 30.9 Å². The zero-order chi connectivity index (χ0) is 20.5. The fourth-order valence-corrected chi connectivity index (χ4v) is 4.20. The number of fused-ring (bicyclic) bond motifs is 1. The number of nitrogens with two attached hydrogens (primary N) is 1. The minimum atomic E-state index is -0.129. The van der Waals surface area contributed by atoms with Crippen LogP contribution in [0.15, 0.2) is 29.8 Å². The molecule has 4 rings (SSSR count). The van der Waals surface area contributed by atoms with E-state index in [-0.39, 0.29) is 24.1 Å². The summed E-state index contributed by atoms with van der Waals surface area (Å²) in [6.45, 7) is 5.27. The number of hydrogen-bond acceptors (Lipinski definition) is 8. The number of urea groups is 1. The quantitative estimate of drug-likeness (QED) is 0.679. The highest BCUT2D eigenvalue weighted by molar-refractivity contribution is 7.16. The van der Waals surface area contributed by atoms with Gasteiger partial charge in [0.25, 0.3) is 0 Å². The number of methoxy groups -OCH3 is 1. The van der Waals surface area contributed by atoms with E-state index in [1.54, 1.807) is 12.6 Å². The van der Waals surface area contributed by atoms with E-state index in [1.807, 2.05) is 36.1 Å². The first-order chi connectivity index (χ1) is 14.0. The van der Waals surface area contributed by atoms with Gasteiger partial charge in [0.05, 0.1) is 12.6 Å². The number of nitrogens with one attached hydrogen (secondary N) is 1. The van der Waals surface area contributed by atoms with Crippen LogP contribution in [0.1, 0.15) is 13.8 Å². The molecule has 0 bridgehead atoms. The second kappa shape index (κ2) is 7.70. The molecule has 1 aliphatic rings. The van der Waals surface area contributed by atoms with E-state index in [2.05, 4.69) is 32.1 Å². The number of piperazine rings is 1. The summed E-state index contributed by atoms with van der Waals surface area (Å²) in [6.07, 6.45) is 0. The smallest absolute Gasteiger partial charge is 0.322 e. The Kier molecular flexibility index (Phi) is 5.10. The number of thiazole rings is 1. The first kappa shape index (κ1) is 19.2. The third kappa shape index (κ3) is 3.75. The molecule has 1 aliphatic heterocycles. The maximum atomic E-state index is 12.9. The molecule has 1 fully saturated rings. The molecule has 29 heavy (non-hydrogen) atoms. The van der Waals surface area contributed by atoms with Crippen LogP contribution in [0.2, 0.25) is 0 Å². The van der Waals surface area contributed by atoms with Gasteiger partial charge in [-0.15, -0.1) is 11.3 Å². The maximum absolute atomic E-state index is 12.9. The molecular weight excluding hydrogens is 390 g/mol. The summed E-state index contributed by atoms with van der Waals surface area (Å²) < 4.78 is 5.16. The lowest BCUT2D eigenvalue weighted by Gasteiger charge is -2.44. The van der Waals surface area contributed by atoms with Crippen molar-refractivity contribution < 1.29 is 9.53 Å². The van der Waals surface area contributed by atoms with E-state index in [9.17, 15) is 4.79 Å². The number of hydrogen-bond donors (Lipinski definition) is 2. The highest BCUT2D eigenvalue weighted by atomic mass is 32.1. The first-order valence-electron chi connectivity index (χ1n) is 9.31. The third-order valence-electron chi connectivity index (χ3n) is 5.06. The predicted molar refractivity (Wildman–Crippen MR) is 115 cm³/mol. The minimum absolute atomic E-state index is 0.0191. The summed E-state index contributed by atoms with van der Waals surface area (Å²) >= 11 is 1.44. The number of nitrogen functional groups attached to an aromatic ring is 1. The Bertz CT molecular complexity index is 1020. The lowest BCUT2D eigenvalue weighted by atomic mass is 10.1. The van der Waals surface area contributed by atoms with Crippen molar-refractivity contribution in [2.24, 2.45) is 0 Å². The number of ether oxygens (including phenoxy) is 1. The Morgan fingerprint density at radius 3 is 2.69 bits per heavy atom. The monoisotopic (exact) mass is 413 g/mol. The third-order valence-corrected chi connectivity index (χ3v) is 5.78. The molecule has 9 nitrogen and oxygen atoms in total. The van der Waals surface area contributed by atoms with Gasteiger partial charge in [0.1, 0.15) is 11.3 Å². The summed E-state index contributed by atoms with van der Waals surface area (Å²) in [5, 5.41) is 2.96. The fourth-order valence-electron chi connectivity index (χ4n) is 3.54. The molecule has 2 amide bonds. The van der Waals surface area contributed by atoms with E-state index >= 15 is 0 Å². The first-order valence-corrected chi connectivity index (χ1v) is 10.2. The number of amides is 2. The van der Waals surface area contributed by atoms with E-state index in [1.165, 1.54) is 11.3 Å². The molecule has 2 aromatic heterocycles. The molecule has 0 radical (unpaired) electrons. The van der Waals surface area contributed by atoms with Crippen LogP contribution in [0.25, 0.3) is 10.3 Å². The largest absolute Gasteiger partial charge is 0.497 e. The number of rotatable bonds is 3. The topological polar surface area (TPSA) is 110 Å². The van der Waals surface area contributed by atoms with Crippen LogP contribution in [0.4, 0.5) is 22.2 Å². The standard InChI is InChI=1S/C19H23N7O2S/c1-11-9-26(19(27)22-13-4-6-14(28-3)7-5-13)12(2)8-25(11)16-15-17(29-10-21-15)24-18(20)23-16/h4-7,10-12H,8-9H2,1-3H3,(H,22,27)(H2,20,23,24)/t11-,12+/m0/s1. The van der Waals surface area contributed by atoms with Gasteiger partial charge in [-0.3, -0.25) is 0 Å². The number of carbonyl (C=O) groups excluding carboxylic acids is 1. The Balaban J connectivity index is 1.51. The number of benzene rings is 1. The van der Waals surface area contributed by atoms with Crippen molar-refractivity contribution in [3.63, 3.8) is 0 Å². The van der Waals surface area contributed by atoms with E-state index < -0.39 is 0 Å². The lowest BCUT2D eigenvalue weighted by Crippen LogP contribution is -2.59. The van der Waals surface area contributed by atoms with Gasteiger partial charge in [-0.25, -0.2) is 14.8 Å². The fraction of sp³-hybridized carbons (Fsp3) is 0.368. The average Bonchev–Trinajstić information content (AvgIpc) is 3.17. The molecule has 3 heterocycles. The van der Waals surface area contributed by atoms with Gasteiger partial charge in [-0.2, -0.15) is 4.98 Å². The number of aromatic nitrogens is 3. The van der Waals surface area contributed by atoms with Crippen molar-refractivity contribution in [3.05, 3.63) is 29.8 Å². The Labute approximate surface area is 172 Å². The summed E-state index contributed by atoms with van der Waals surface area (Å²) in [5.74, 6) is 1.70. The molecule has 2 atom stereocenters. The molecule has 3 aromatic rings. The summed E-state index contributed by atoms with van der Waals surface area (Å²) in [5.41, 5.74) is 9.12. The number of carbonyl (C=O) groups is 1. The summed E-state index contributed by atoms with van der Waals surface area (Å²) in [7, 11) is 1.61. The SMILES string of the molecule is COc1ccc(NC(=O)N2C[C@H](C)N(c3nc(N)nc4scnc34)C[C@H]2C)cc1. The van der Waals surface area contributed by atoms with Crippen molar-refractivity contribution >= 4 is 45.2 Å². The van der Waals surface area contributed by atoms with Gasteiger partial charge in [0.2, 0.25) is 5.95 Å². The Morgan fingerprint density at radius 2 is 1.97 bits per heavy atom. The van der Waals surface area contributed by atoms with Crippen molar-refractivity contribution in [1.29, 1.82) is 0 Å². The van der Waals surface area contributed by atoms with Crippen LogP contribution in [0.3, 0.4) is 0 Å². The molecule has 1 aromatic carbocycles. The molecule has 0 spiro atoms. The summed E-state index contributed by atoms with van der Waals surface area (Å²) in [6, 6.07) is 7.18. The van der Waals surface area contributed by atoms with Crippen LogP contribution >= 0.6 is 11.3 Å². The van der Waals surface area contributed by atoms with Gasteiger partial charge in [-0.1, -0.05) is 0 Å². The lowest BCUT2D eigenvalue weighted by molar-refractivity contribution is 0.173. The highest BCUT2D eigenvalue weighted by Crippen LogP contribution is 2.30. The average molecular weight is 414 g/mol. The van der Waals surface area contributed by atoms with Crippen LogP contribution in [0.5, 0.6) is 5.75 Å². The molecule has 0 saturated carbocycles. The second-order valence-corrected chi connectivity index (χ2v) is 7.91. The Morgan fingerprint density at radius 1 is 1.21 bits per heavy atom. The van der Waals surface area contributed by atoms with Crippen LogP contribution in [-0.2, 0) is 0 Å². The van der Waals surface area contributed by atoms with Crippen molar-refractivity contribution in [3.8, 4) is 5.75 Å². The van der Waals surface area contributed by atoms with E-state index in [0.29, 0.717) is 13.1 Å². The van der Waals surface area contributed by atoms with Crippen molar-refractivity contribution in [1.82, 2.24) is 19.9 Å². The highest BCUT2D eigenvalue weighted by Gasteiger charge is 2.34. The van der Waals surface area contributed by atoms with Gasteiger partial charge in [0.15, 0.2) is 10.6 Å². The maximum Gasteiger partial charge on any atom is 0.322 e. The minimum Gasteiger partial charge on any atom is -0.497 e. The van der Waals surface area contributed by atoms with Gasteiger partial charge in [-0.05, 0) is 38.1 Å². The molecule has 1 saturated heterocycles. The summed E-state index contributed by atoms with van der Waals surface area (Å²) in [4.78, 5) is 30.7. The van der Waals surface area contributed by atoms with Gasteiger partial charge >= 0.3 is 6.03 Å². The van der Waals surface area contributed by atoms with Crippen LogP contribution in [-0.4, -0.2) is 58.2 Å². The Hall–Kier alpha value is -3.14. The zero-order valence-electron chi connectivity index (χ0n) is 16.5. The number of anilines is 3. The van der Waals surface area contributed by atoms with Crippen LogP contribution < -0.4 is 20.7 Å². The van der Waals surface area contributed by atoms with Crippen LogP contribution in [0, 0.1) is 0 Å². The molecule has 0 unspecified atom stereocenters. The zero-order valence-corrected chi connectivity index (χ0v) is 17.3. The number of nitrogens with zero attached hydrogens (tertiary/aromatic N) is 5. The second-order valence-electron chi connectivity index (χ2n) is 7.07. The van der Waals surface area contributed by atoms with Crippen molar-refractivity contribution in [2.75, 3.05) is 36.1 Å². The molecular formula is C19H23N7O2S. The molecule has 152 valence electrons. The molecule has 10 heteroatoms. The molecule has 0 aliphatic carbocycles. The van der Waals surface area contributed by atoms with E-state index in [0.717, 1.165) is 27.6 Å².